The summed E-state index contributed by atoms with van der Waals surface area (Å²) in [6.07, 6.45) is 0.943. The lowest BCUT2D eigenvalue weighted by atomic mass is 10.2. The molecule has 2 rings (SSSR count). The molecule has 4 nitrogen and oxygen atoms in total. The highest BCUT2D eigenvalue weighted by Gasteiger charge is 2.04. The maximum absolute atomic E-state index is 5.98. The monoisotopic (exact) mass is 337 g/mol. The van der Waals surface area contributed by atoms with Crippen LogP contribution < -0.4 is 15.8 Å². The highest BCUT2D eigenvalue weighted by Crippen LogP contribution is 2.24. The number of hydrogen-bond donors (Lipinski definition) is 2. The number of rotatable bonds is 7. The quantitative estimate of drug-likeness (QED) is 0.601. The molecule has 6 heteroatoms. The van der Waals surface area contributed by atoms with E-state index < -0.39 is 0 Å². The van der Waals surface area contributed by atoms with Crippen molar-refractivity contribution in [2.75, 3.05) is 13.2 Å². The third-order valence-corrected chi connectivity index (χ3v) is 4.18. The molecule has 3 N–H and O–H groups in total. The number of guanidine groups is 1. The topological polar surface area (TPSA) is 59.6 Å². The largest absolute Gasteiger partial charge is 0.493 e. The van der Waals surface area contributed by atoms with Crippen molar-refractivity contribution < 1.29 is 4.74 Å². The standard InChI is InChI=1S/C16H20ClN3OS/c1-2-21-15-10-13(17)6-5-12(15)11-20-16(18)19-8-7-14-4-3-9-22-14/h3-6,9-10H,2,7-8,11H2,1H3,(H3,18,19,20). The van der Waals surface area contributed by atoms with Crippen LogP contribution in [0.4, 0.5) is 0 Å². The minimum Gasteiger partial charge on any atom is -0.493 e. The molecular formula is C16H20ClN3OS. The summed E-state index contributed by atoms with van der Waals surface area (Å²) in [5.74, 6) is 1.19. The molecule has 0 aliphatic rings. The highest BCUT2D eigenvalue weighted by atomic mass is 35.5. The number of hydrogen-bond acceptors (Lipinski definition) is 3. The molecule has 0 saturated heterocycles. The van der Waals surface area contributed by atoms with Crippen molar-refractivity contribution in [3.8, 4) is 5.75 Å². The molecule has 0 aliphatic carbocycles. The zero-order valence-corrected chi connectivity index (χ0v) is 14.1. The van der Waals surface area contributed by atoms with Gasteiger partial charge in [0.05, 0.1) is 13.2 Å². The summed E-state index contributed by atoms with van der Waals surface area (Å²) >= 11 is 7.72. The summed E-state index contributed by atoms with van der Waals surface area (Å²) in [4.78, 5) is 5.68. The van der Waals surface area contributed by atoms with Gasteiger partial charge in [0.15, 0.2) is 5.96 Å². The lowest BCUT2D eigenvalue weighted by Gasteiger charge is -2.10. The maximum Gasteiger partial charge on any atom is 0.188 e. The Morgan fingerprint density at radius 1 is 1.41 bits per heavy atom. The number of nitrogens with two attached hydrogens (primary N) is 1. The third-order valence-electron chi connectivity index (χ3n) is 3.01. The molecule has 0 amide bonds. The van der Waals surface area contributed by atoms with Crippen LogP contribution in [-0.4, -0.2) is 19.1 Å². The first-order chi connectivity index (χ1) is 10.7. The molecule has 1 aromatic carbocycles. The van der Waals surface area contributed by atoms with Crippen molar-refractivity contribution >= 4 is 28.9 Å². The fourth-order valence-corrected chi connectivity index (χ4v) is 2.81. The first-order valence-corrected chi connectivity index (χ1v) is 8.42. The molecule has 0 radical (unpaired) electrons. The van der Waals surface area contributed by atoms with Crippen LogP contribution in [0.15, 0.2) is 40.7 Å². The van der Waals surface area contributed by atoms with E-state index in [2.05, 4.69) is 21.8 Å². The SMILES string of the molecule is CCOc1cc(Cl)ccc1CN=C(N)NCCc1cccs1. The Labute approximate surface area is 140 Å². The Hall–Kier alpha value is -1.72. The lowest BCUT2D eigenvalue weighted by molar-refractivity contribution is 0.336. The van der Waals surface area contributed by atoms with Crippen LogP contribution in [0.2, 0.25) is 5.02 Å². The minimum absolute atomic E-state index is 0.439. The molecule has 1 aromatic heterocycles. The van der Waals surface area contributed by atoms with Crippen LogP contribution in [0.3, 0.4) is 0 Å². The second kappa shape index (κ2) is 8.66. The van der Waals surface area contributed by atoms with E-state index in [1.807, 2.05) is 25.1 Å². The zero-order chi connectivity index (χ0) is 15.8. The van der Waals surface area contributed by atoms with Gasteiger partial charge in [-0.15, -0.1) is 11.3 Å². The number of benzene rings is 1. The van der Waals surface area contributed by atoms with Gasteiger partial charge in [-0.25, -0.2) is 4.99 Å². The van der Waals surface area contributed by atoms with Crippen LogP contribution in [-0.2, 0) is 13.0 Å². The van der Waals surface area contributed by atoms with Gasteiger partial charge >= 0.3 is 0 Å². The van der Waals surface area contributed by atoms with E-state index in [9.17, 15) is 0 Å². The number of aliphatic imine (C=N–C) groups is 1. The maximum atomic E-state index is 5.98. The first-order valence-electron chi connectivity index (χ1n) is 7.16. The molecule has 0 atom stereocenters. The Bertz CT molecular complexity index is 614. The van der Waals surface area contributed by atoms with E-state index in [1.165, 1.54) is 4.88 Å². The molecule has 2 aromatic rings. The van der Waals surface area contributed by atoms with Gasteiger partial charge in [-0.05, 0) is 36.9 Å². The molecule has 0 unspecified atom stereocenters. The fraction of sp³-hybridized carbons (Fsp3) is 0.312. The fourth-order valence-electron chi connectivity index (χ4n) is 1.94. The Morgan fingerprint density at radius 3 is 3.00 bits per heavy atom. The van der Waals surface area contributed by atoms with Crippen molar-refractivity contribution in [2.45, 2.75) is 19.9 Å². The van der Waals surface area contributed by atoms with Gasteiger partial charge in [-0.3, -0.25) is 0 Å². The van der Waals surface area contributed by atoms with Crippen molar-refractivity contribution in [1.82, 2.24) is 5.32 Å². The summed E-state index contributed by atoms with van der Waals surface area (Å²) in [5, 5.41) is 5.84. The number of nitrogens with one attached hydrogen (secondary N) is 1. The van der Waals surface area contributed by atoms with Crippen molar-refractivity contribution in [3.63, 3.8) is 0 Å². The Balaban J connectivity index is 1.87. The molecule has 1 heterocycles. The summed E-state index contributed by atoms with van der Waals surface area (Å²) < 4.78 is 5.57. The van der Waals surface area contributed by atoms with E-state index >= 15 is 0 Å². The normalized spacial score (nSPS) is 11.5. The molecule has 0 spiro atoms. The molecule has 0 bridgehead atoms. The van der Waals surface area contributed by atoms with Gasteiger partial charge in [-0.1, -0.05) is 23.7 Å². The summed E-state index contributed by atoms with van der Waals surface area (Å²) in [6.45, 7) is 3.76. The number of thiophene rings is 1. The second-order valence-corrected chi connectivity index (χ2v) is 6.11. The average molecular weight is 338 g/mol. The molecule has 22 heavy (non-hydrogen) atoms. The van der Waals surface area contributed by atoms with E-state index in [0.717, 1.165) is 24.3 Å². The highest BCUT2D eigenvalue weighted by molar-refractivity contribution is 7.09. The van der Waals surface area contributed by atoms with Gasteiger partial charge in [0, 0.05) is 22.0 Å². The Kier molecular flexibility index (Phi) is 6.55. The number of nitrogens with zero attached hydrogens (tertiary/aromatic N) is 1. The second-order valence-electron chi connectivity index (χ2n) is 4.64. The van der Waals surface area contributed by atoms with E-state index in [4.69, 9.17) is 22.1 Å². The first kappa shape index (κ1) is 16.6. The molecule has 0 saturated carbocycles. The average Bonchev–Trinajstić information content (AvgIpc) is 3.00. The predicted molar refractivity (Wildman–Crippen MR) is 94.0 cm³/mol. The van der Waals surface area contributed by atoms with Gasteiger partial charge in [0.2, 0.25) is 0 Å². The molecular weight excluding hydrogens is 318 g/mol. The van der Waals surface area contributed by atoms with Crippen molar-refractivity contribution in [2.24, 2.45) is 10.7 Å². The third kappa shape index (κ3) is 5.24. The van der Waals surface area contributed by atoms with Crippen molar-refractivity contribution in [3.05, 3.63) is 51.2 Å². The van der Waals surface area contributed by atoms with E-state index in [-0.39, 0.29) is 0 Å². The summed E-state index contributed by atoms with van der Waals surface area (Å²) in [5.41, 5.74) is 6.86. The summed E-state index contributed by atoms with van der Waals surface area (Å²) in [7, 11) is 0. The smallest absolute Gasteiger partial charge is 0.188 e. The van der Waals surface area contributed by atoms with Gasteiger partial charge in [0.25, 0.3) is 0 Å². The van der Waals surface area contributed by atoms with Crippen LogP contribution in [0, 0.1) is 0 Å². The minimum atomic E-state index is 0.439. The molecule has 0 aliphatic heterocycles. The van der Waals surface area contributed by atoms with Crippen LogP contribution in [0.25, 0.3) is 0 Å². The molecule has 118 valence electrons. The zero-order valence-electron chi connectivity index (χ0n) is 12.5. The van der Waals surface area contributed by atoms with Crippen LogP contribution in [0.5, 0.6) is 5.75 Å². The van der Waals surface area contributed by atoms with E-state index in [1.54, 1.807) is 17.4 Å². The van der Waals surface area contributed by atoms with Crippen LogP contribution in [0.1, 0.15) is 17.4 Å². The van der Waals surface area contributed by atoms with Gasteiger partial charge in [0.1, 0.15) is 5.75 Å². The molecule has 0 fully saturated rings. The lowest BCUT2D eigenvalue weighted by Crippen LogP contribution is -2.33. The van der Waals surface area contributed by atoms with Gasteiger partial charge < -0.3 is 15.8 Å². The van der Waals surface area contributed by atoms with Crippen LogP contribution >= 0.6 is 22.9 Å². The van der Waals surface area contributed by atoms with Gasteiger partial charge in [-0.2, -0.15) is 0 Å². The summed E-state index contributed by atoms with van der Waals surface area (Å²) in [6, 6.07) is 9.70. The Morgan fingerprint density at radius 2 is 2.27 bits per heavy atom. The number of halogens is 1. The predicted octanol–water partition coefficient (Wildman–Crippen LogP) is 3.45. The van der Waals surface area contributed by atoms with E-state index in [0.29, 0.717) is 24.1 Å². The van der Waals surface area contributed by atoms with Crippen molar-refractivity contribution in [1.29, 1.82) is 0 Å². The number of ether oxygens (including phenoxy) is 1.